The van der Waals surface area contributed by atoms with Crippen LogP contribution in [0.3, 0.4) is 0 Å². The zero-order chi connectivity index (χ0) is 17.7. The van der Waals surface area contributed by atoms with E-state index in [-0.39, 0.29) is 30.0 Å². The van der Waals surface area contributed by atoms with Crippen molar-refractivity contribution in [2.75, 3.05) is 5.32 Å². The van der Waals surface area contributed by atoms with Crippen molar-refractivity contribution in [2.45, 2.75) is 26.8 Å². The molecule has 0 unspecified atom stereocenters. The summed E-state index contributed by atoms with van der Waals surface area (Å²) in [5.74, 6) is -0.312. The Morgan fingerprint density at radius 3 is 2.50 bits per heavy atom. The number of nitrogens with one attached hydrogen (secondary N) is 1. The van der Waals surface area contributed by atoms with E-state index in [1.54, 1.807) is 24.3 Å². The number of benzene rings is 1. The maximum atomic E-state index is 12.2. The van der Waals surface area contributed by atoms with Gasteiger partial charge in [0.2, 0.25) is 12.2 Å². The van der Waals surface area contributed by atoms with Crippen LogP contribution in [0.5, 0.6) is 0 Å². The Bertz CT molecular complexity index is 750. The largest absolute Gasteiger partial charge is 0.381 e. The van der Waals surface area contributed by atoms with Crippen molar-refractivity contribution in [1.29, 1.82) is 0 Å². The lowest BCUT2D eigenvalue weighted by Gasteiger charge is -2.08. The first-order valence-electron chi connectivity index (χ1n) is 7.44. The summed E-state index contributed by atoms with van der Waals surface area (Å²) in [4.78, 5) is 37.4. The topological polar surface area (TPSA) is 107 Å². The summed E-state index contributed by atoms with van der Waals surface area (Å²) in [5, 5.41) is 13.3. The fourth-order valence-electron chi connectivity index (χ4n) is 2.11. The monoisotopic (exact) mass is 330 g/mol. The first-order valence-corrected chi connectivity index (χ1v) is 7.44. The molecule has 1 aromatic heterocycles. The lowest BCUT2D eigenvalue weighted by molar-refractivity contribution is -0.389. The maximum absolute atomic E-state index is 12.2. The molecule has 1 aromatic carbocycles. The Morgan fingerprint density at radius 2 is 1.96 bits per heavy atom. The molecule has 1 amide bonds. The Kier molecular flexibility index (Phi) is 5.41. The van der Waals surface area contributed by atoms with E-state index in [2.05, 4.69) is 10.3 Å². The number of carbonyl (C=O) groups excluding carboxylic acids is 2. The van der Waals surface area contributed by atoms with Crippen LogP contribution in [0.1, 0.15) is 30.6 Å². The van der Waals surface area contributed by atoms with Crippen molar-refractivity contribution in [3.63, 3.8) is 0 Å². The molecule has 2 aromatic rings. The van der Waals surface area contributed by atoms with Gasteiger partial charge in [-0.3, -0.25) is 9.59 Å². The van der Waals surface area contributed by atoms with E-state index in [9.17, 15) is 19.7 Å². The number of ketones is 1. The van der Waals surface area contributed by atoms with Gasteiger partial charge in [-0.25, -0.2) is 0 Å². The van der Waals surface area contributed by atoms with Crippen molar-refractivity contribution in [3.05, 3.63) is 52.5 Å². The molecule has 0 bridgehead atoms. The van der Waals surface area contributed by atoms with Gasteiger partial charge >= 0.3 is 5.82 Å². The lowest BCUT2D eigenvalue weighted by atomic mass is 10.1. The average molecular weight is 330 g/mol. The second kappa shape index (κ2) is 7.49. The minimum Gasteiger partial charge on any atom is -0.358 e. The number of Topliss-reactive ketones (excluding diaryl/α,β-unsaturated/α-hetero) is 1. The van der Waals surface area contributed by atoms with E-state index >= 15 is 0 Å². The predicted molar refractivity (Wildman–Crippen MR) is 87.7 cm³/mol. The molecule has 0 aliphatic rings. The molecular weight excluding hydrogens is 312 g/mol. The first-order chi connectivity index (χ1) is 11.3. The summed E-state index contributed by atoms with van der Waals surface area (Å²) in [5.41, 5.74) is 1.07. The highest BCUT2D eigenvalue weighted by molar-refractivity contribution is 5.97. The van der Waals surface area contributed by atoms with Crippen LogP contribution < -0.4 is 5.32 Å². The Labute approximate surface area is 138 Å². The average Bonchev–Trinajstić information content (AvgIpc) is 2.95. The van der Waals surface area contributed by atoms with Gasteiger partial charge in [0.05, 0.1) is 6.54 Å². The third-order valence-corrected chi connectivity index (χ3v) is 3.22. The lowest BCUT2D eigenvalue weighted by Crippen LogP contribution is -2.14. The molecule has 1 N–H and O–H groups in total. The number of nitrogens with zero attached hydrogens (tertiary/aromatic N) is 3. The van der Waals surface area contributed by atoms with Crippen LogP contribution in [0.2, 0.25) is 0 Å². The number of imidazole rings is 1. The van der Waals surface area contributed by atoms with E-state index in [0.717, 1.165) is 0 Å². The molecule has 0 saturated carbocycles. The summed E-state index contributed by atoms with van der Waals surface area (Å²) in [6.07, 6.45) is 2.88. The molecule has 126 valence electrons. The second-order valence-electron chi connectivity index (χ2n) is 5.81. The molecule has 0 aliphatic heterocycles. The normalized spacial score (nSPS) is 10.6. The van der Waals surface area contributed by atoms with Crippen LogP contribution in [0.15, 0.2) is 36.8 Å². The van der Waals surface area contributed by atoms with Gasteiger partial charge in [-0.15, -0.1) is 0 Å². The van der Waals surface area contributed by atoms with Gasteiger partial charge in [0.1, 0.15) is 6.20 Å². The van der Waals surface area contributed by atoms with Crippen molar-refractivity contribution < 1.29 is 14.5 Å². The van der Waals surface area contributed by atoms with Gasteiger partial charge in [-0.1, -0.05) is 13.8 Å². The Balaban J connectivity index is 1.97. The van der Waals surface area contributed by atoms with Crippen LogP contribution in [0.4, 0.5) is 11.5 Å². The molecule has 24 heavy (non-hydrogen) atoms. The van der Waals surface area contributed by atoms with Crippen LogP contribution in [0, 0.1) is 16.0 Å². The van der Waals surface area contributed by atoms with E-state index in [0.29, 0.717) is 17.7 Å². The zero-order valence-electron chi connectivity index (χ0n) is 13.4. The SMILES string of the molecule is CC(C)CC(=O)Nc1ccc(C(=O)Cn2cnc([N+](=O)[O-])c2)cc1. The molecule has 8 nitrogen and oxygen atoms in total. The van der Waals surface area contributed by atoms with E-state index < -0.39 is 4.92 Å². The first kappa shape index (κ1) is 17.3. The molecule has 0 aliphatic carbocycles. The number of carbonyl (C=O) groups is 2. The Hall–Kier alpha value is -3.03. The molecule has 2 rings (SSSR count). The highest BCUT2D eigenvalue weighted by atomic mass is 16.6. The molecule has 0 fully saturated rings. The second-order valence-corrected chi connectivity index (χ2v) is 5.81. The predicted octanol–water partition coefficient (Wildman–Crippen LogP) is 2.66. The molecule has 0 radical (unpaired) electrons. The molecular formula is C16H18N4O4. The summed E-state index contributed by atoms with van der Waals surface area (Å²) < 4.78 is 1.36. The standard InChI is InChI=1S/C16H18N4O4/c1-11(2)7-16(22)18-13-5-3-12(4-6-13)14(21)8-19-9-15(17-10-19)20(23)24/h3-6,9-11H,7-8H2,1-2H3,(H,18,22). The number of anilines is 1. The number of amides is 1. The Morgan fingerprint density at radius 1 is 1.29 bits per heavy atom. The smallest absolute Gasteiger partial charge is 0.358 e. The third kappa shape index (κ3) is 4.73. The van der Waals surface area contributed by atoms with Gasteiger partial charge < -0.3 is 20.0 Å². The fraction of sp³-hybridized carbons (Fsp3) is 0.312. The molecule has 8 heteroatoms. The fourth-order valence-corrected chi connectivity index (χ4v) is 2.11. The van der Waals surface area contributed by atoms with Gasteiger partial charge in [0.25, 0.3) is 0 Å². The van der Waals surface area contributed by atoms with Gasteiger partial charge in [-0.05, 0) is 40.1 Å². The highest BCUT2D eigenvalue weighted by Gasteiger charge is 2.13. The maximum Gasteiger partial charge on any atom is 0.381 e. The minimum atomic E-state index is -0.615. The minimum absolute atomic E-state index is 0.0418. The van der Waals surface area contributed by atoms with E-state index in [4.69, 9.17) is 0 Å². The molecule has 0 spiro atoms. The number of rotatable bonds is 7. The molecule has 1 heterocycles. The van der Waals surface area contributed by atoms with Gasteiger partial charge in [0, 0.05) is 17.7 Å². The van der Waals surface area contributed by atoms with Gasteiger partial charge in [-0.2, -0.15) is 0 Å². The molecule has 0 saturated heterocycles. The van der Waals surface area contributed by atoms with Crippen molar-refractivity contribution in [2.24, 2.45) is 5.92 Å². The van der Waals surface area contributed by atoms with Crippen molar-refractivity contribution in [3.8, 4) is 0 Å². The van der Waals surface area contributed by atoms with Gasteiger partial charge in [0.15, 0.2) is 5.78 Å². The zero-order valence-corrected chi connectivity index (χ0v) is 13.4. The number of aromatic nitrogens is 2. The summed E-state index contributed by atoms with van der Waals surface area (Å²) >= 11 is 0. The van der Waals surface area contributed by atoms with E-state index in [1.165, 1.54) is 17.1 Å². The summed E-state index contributed by atoms with van der Waals surface area (Å²) in [6, 6.07) is 6.53. The van der Waals surface area contributed by atoms with Crippen molar-refractivity contribution in [1.82, 2.24) is 9.55 Å². The van der Waals surface area contributed by atoms with Crippen LogP contribution in [-0.4, -0.2) is 26.2 Å². The molecule has 0 atom stereocenters. The van der Waals surface area contributed by atoms with Crippen LogP contribution in [0.25, 0.3) is 0 Å². The summed E-state index contributed by atoms with van der Waals surface area (Å²) in [6.45, 7) is 3.88. The third-order valence-electron chi connectivity index (χ3n) is 3.22. The van der Waals surface area contributed by atoms with Crippen LogP contribution in [-0.2, 0) is 11.3 Å². The quantitative estimate of drug-likeness (QED) is 0.477. The number of hydrogen-bond acceptors (Lipinski definition) is 5. The number of hydrogen-bond donors (Lipinski definition) is 1. The highest BCUT2D eigenvalue weighted by Crippen LogP contribution is 2.13. The summed E-state index contributed by atoms with van der Waals surface area (Å²) in [7, 11) is 0. The van der Waals surface area contributed by atoms with Crippen LogP contribution >= 0.6 is 0 Å². The van der Waals surface area contributed by atoms with E-state index in [1.807, 2.05) is 13.8 Å². The van der Waals surface area contributed by atoms with Crippen molar-refractivity contribution >= 4 is 23.2 Å². The number of nitro groups is 1.